The molecule has 21 heavy (non-hydrogen) atoms. The Bertz CT molecular complexity index is 640. The maximum Gasteiger partial charge on any atom is 0.0613 e. The van der Waals surface area contributed by atoms with Gasteiger partial charge in [-0.2, -0.15) is 0 Å². The first-order chi connectivity index (χ1) is 10.3. The van der Waals surface area contributed by atoms with Crippen LogP contribution in [0.25, 0.3) is 10.9 Å². The zero-order valence-corrected chi connectivity index (χ0v) is 12.5. The van der Waals surface area contributed by atoms with Gasteiger partial charge in [-0.1, -0.05) is 31.0 Å². The van der Waals surface area contributed by atoms with Gasteiger partial charge >= 0.3 is 0 Å². The van der Waals surface area contributed by atoms with Crippen molar-refractivity contribution in [3.05, 3.63) is 35.5 Å². The summed E-state index contributed by atoms with van der Waals surface area (Å²) in [5, 5.41) is 15.0. The molecule has 2 aromatic rings. The number of rotatable bonds is 3. The van der Waals surface area contributed by atoms with E-state index in [-0.39, 0.29) is 12.1 Å². The first-order valence-electron chi connectivity index (χ1n) is 8.27. The molecule has 1 unspecified atom stereocenters. The van der Waals surface area contributed by atoms with Crippen LogP contribution in [0, 0.1) is 0 Å². The van der Waals surface area contributed by atoms with E-state index in [1.165, 1.54) is 41.4 Å². The lowest BCUT2D eigenvalue weighted by molar-refractivity contribution is 0.147. The predicted molar refractivity (Wildman–Crippen MR) is 85.5 cm³/mol. The van der Waals surface area contributed by atoms with Gasteiger partial charge in [0.1, 0.15) is 0 Å². The number of hydrogen-bond donors (Lipinski definition) is 3. The van der Waals surface area contributed by atoms with Crippen molar-refractivity contribution in [2.45, 2.75) is 56.5 Å². The minimum absolute atomic E-state index is 0.00567. The van der Waals surface area contributed by atoms with Crippen LogP contribution < -0.4 is 5.32 Å². The molecule has 1 atom stereocenters. The molecule has 0 amide bonds. The summed E-state index contributed by atoms with van der Waals surface area (Å²) in [5.41, 5.74) is 4.16. The summed E-state index contributed by atoms with van der Waals surface area (Å²) >= 11 is 0. The standard InChI is InChI=1S/C18H24N2O/c21-12-18(9-3-4-10-18)20-13-7-8-17-15(11-13)14-5-1-2-6-16(14)19-17/h1-2,5-6,13,19-21H,3-4,7-12H2. The Hall–Kier alpha value is -1.32. The molecule has 0 radical (unpaired) electrons. The number of aliphatic hydroxyl groups excluding tert-OH is 1. The second-order valence-electron chi connectivity index (χ2n) is 6.86. The second kappa shape index (κ2) is 5.15. The Morgan fingerprint density at radius 3 is 2.86 bits per heavy atom. The molecule has 0 saturated heterocycles. The fourth-order valence-corrected chi connectivity index (χ4v) is 4.33. The van der Waals surface area contributed by atoms with Crippen molar-refractivity contribution in [2.24, 2.45) is 0 Å². The van der Waals surface area contributed by atoms with E-state index >= 15 is 0 Å². The van der Waals surface area contributed by atoms with Crippen molar-refractivity contribution in [3.63, 3.8) is 0 Å². The fraction of sp³-hybridized carbons (Fsp3) is 0.556. The molecule has 1 aromatic carbocycles. The molecule has 0 spiro atoms. The number of nitrogens with one attached hydrogen (secondary N) is 2. The maximum absolute atomic E-state index is 9.81. The highest BCUT2D eigenvalue weighted by molar-refractivity contribution is 5.84. The number of para-hydroxylation sites is 1. The molecular formula is C18H24N2O. The average molecular weight is 284 g/mol. The predicted octanol–water partition coefficient (Wildman–Crippen LogP) is 2.92. The number of aliphatic hydroxyl groups is 1. The summed E-state index contributed by atoms with van der Waals surface area (Å²) in [7, 11) is 0. The first kappa shape index (κ1) is 13.4. The number of fused-ring (bicyclic) bond motifs is 3. The number of benzene rings is 1. The van der Waals surface area contributed by atoms with Gasteiger partial charge in [0.25, 0.3) is 0 Å². The van der Waals surface area contributed by atoms with Crippen LogP contribution in [0.5, 0.6) is 0 Å². The second-order valence-corrected chi connectivity index (χ2v) is 6.86. The molecule has 2 aliphatic carbocycles. The molecule has 4 rings (SSSR count). The largest absolute Gasteiger partial charge is 0.394 e. The molecule has 1 heterocycles. The van der Waals surface area contributed by atoms with Crippen LogP contribution in [0.2, 0.25) is 0 Å². The Morgan fingerprint density at radius 1 is 1.24 bits per heavy atom. The lowest BCUT2D eigenvalue weighted by Crippen LogP contribution is -2.52. The third kappa shape index (κ3) is 2.29. The van der Waals surface area contributed by atoms with Gasteiger partial charge in [0.05, 0.1) is 6.61 Å². The van der Waals surface area contributed by atoms with Crippen LogP contribution in [0.3, 0.4) is 0 Å². The molecule has 3 heteroatoms. The number of aryl methyl sites for hydroxylation is 1. The van der Waals surface area contributed by atoms with Gasteiger partial charge < -0.3 is 15.4 Å². The summed E-state index contributed by atoms with van der Waals surface area (Å²) in [4.78, 5) is 3.58. The lowest BCUT2D eigenvalue weighted by atomic mass is 9.88. The van der Waals surface area contributed by atoms with Crippen molar-refractivity contribution in [3.8, 4) is 0 Å². The van der Waals surface area contributed by atoms with Gasteiger partial charge in [0.2, 0.25) is 0 Å². The zero-order chi connectivity index (χ0) is 14.3. The number of aromatic nitrogens is 1. The fourth-order valence-electron chi connectivity index (χ4n) is 4.33. The van der Waals surface area contributed by atoms with Crippen LogP contribution in [-0.2, 0) is 12.8 Å². The highest BCUT2D eigenvalue weighted by Crippen LogP contribution is 2.33. The van der Waals surface area contributed by atoms with Gasteiger partial charge in [-0.15, -0.1) is 0 Å². The van der Waals surface area contributed by atoms with E-state index in [0.717, 1.165) is 25.7 Å². The molecule has 2 aliphatic rings. The van der Waals surface area contributed by atoms with Crippen molar-refractivity contribution < 1.29 is 5.11 Å². The third-order valence-electron chi connectivity index (χ3n) is 5.47. The number of aromatic amines is 1. The van der Waals surface area contributed by atoms with Crippen molar-refractivity contribution in [1.29, 1.82) is 0 Å². The Morgan fingerprint density at radius 2 is 2.05 bits per heavy atom. The molecule has 0 aliphatic heterocycles. The van der Waals surface area contributed by atoms with E-state index in [2.05, 4.69) is 34.6 Å². The first-order valence-corrected chi connectivity index (χ1v) is 8.27. The van der Waals surface area contributed by atoms with Crippen LogP contribution in [0.1, 0.15) is 43.4 Å². The van der Waals surface area contributed by atoms with Crippen molar-refractivity contribution >= 4 is 10.9 Å². The summed E-state index contributed by atoms with van der Waals surface area (Å²) in [6, 6.07) is 9.12. The Labute approximate surface area is 125 Å². The summed E-state index contributed by atoms with van der Waals surface area (Å²) in [6.45, 7) is 0.282. The minimum atomic E-state index is -0.00567. The van der Waals surface area contributed by atoms with Crippen molar-refractivity contribution in [1.82, 2.24) is 10.3 Å². The van der Waals surface area contributed by atoms with E-state index in [9.17, 15) is 5.11 Å². The van der Waals surface area contributed by atoms with Gasteiger partial charge in [-0.05, 0) is 43.7 Å². The normalized spacial score (nSPS) is 24.3. The molecule has 3 nitrogen and oxygen atoms in total. The van der Waals surface area contributed by atoms with Crippen LogP contribution in [-0.4, -0.2) is 28.3 Å². The topological polar surface area (TPSA) is 48.0 Å². The highest BCUT2D eigenvalue weighted by atomic mass is 16.3. The van der Waals surface area contributed by atoms with E-state index < -0.39 is 0 Å². The van der Waals surface area contributed by atoms with Gasteiger partial charge in [0.15, 0.2) is 0 Å². The molecule has 3 N–H and O–H groups in total. The van der Waals surface area contributed by atoms with Crippen LogP contribution in [0.15, 0.2) is 24.3 Å². The Balaban J connectivity index is 1.58. The zero-order valence-electron chi connectivity index (χ0n) is 12.5. The molecule has 0 bridgehead atoms. The summed E-state index contributed by atoms with van der Waals surface area (Å²) in [5.74, 6) is 0. The third-order valence-corrected chi connectivity index (χ3v) is 5.47. The van der Waals surface area contributed by atoms with Gasteiger partial charge in [0, 0.05) is 28.2 Å². The van der Waals surface area contributed by atoms with E-state index in [1.807, 2.05) is 0 Å². The molecule has 1 aromatic heterocycles. The molecule has 1 saturated carbocycles. The molecule has 112 valence electrons. The molecular weight excluding hydrogens is 260 g/mol. The highest BCUT2D eigenvalue weighted by Gasteiger charge is 2.36. The van der Waals surface area contributed by atoms with E-state index in [0.29, 0.717) is 6.04 Å². The van der Waals surface area contributed by atoms with Gasteiger partial charge in [-0.25, -0.2) is 0 Å². The number of hydrogen-bond acceptors (Lipinski definition) is 2. The lowest BCUT2D eigenvalue weighted by Gasteiger charge is -2.35. The van der Waals surface area contributed by atoms with Gasteiger partial charge in [-0.3, -0.25) is 0 Å². The van der Waals surface area contributed by atoms with E-state index in [1.54, 1.807) is 0 Å². The SMILES string of the molecule is OCC1(NC2CCc3[nH]c4ccccc4c3C2)CCCC1. The maximum atomic E-state index is 9.81. The quantitative estimate of drug-likeness (QED) is 0.811. The molecule has 1 fully saturated rings. The van der Waals surface area contributed by atoms with Crippen molar-refractivity contribution in [2.75, 3.05) is 6.61 Å². The van der Waals surface area contributed by atoms with E-state index in [4.69, 9.17) is 0 Å². The summed E-state index contributed by atoms with van der Waals surface area (Å²) in [6.07, 6.45) is 8.12. The summed E-state index contributed by atoms with van der Waals surface area (Å²) < 4.78 is 0. The Kier molecular flexibility index (Phi) is 3.27. The minimum Gasteiger partial charge on any atom is -0.394 e. The van der Waals surface area contributed by atoms with Crippen LogP contribution in [0.4, 0.5) is 0 Å². The number of H-pyrrole nitrogens is 1. The monoisotopic (exact) mass is 284 g/mol. The average Bonchev–Trinajstić information content (AvgIpc) is 3.12. The smallest absolute Gasteiger partial charge is 0.0613 e. The van der Waals surface area contributed by atoms with Crippen LogP contribution >= 0.6 is 0 Å².